The van der Waals surface area contributed by atoms with Crippen LogP contribution in [0, 0.1) is 5.41 Å². The quantitative estimate of drug-likeness (QED) is 0.448. The molecule has 0 radical (unpaired) electrons. The number of hydrogen-bond donors (Lipinski definition) is 1. The molecule has 0 aromatic heterocycles. The van der Waals surface area contributed by atoms with Crippen LogP contribution in [0.3, 0.4) is 0 Å². The zero-order valence-corrected chi connectivity index (χ0v) is 15.0. The molecule has 2 rings (SSSR count). The highest BCUT2D eigenvalue weighted by Gasteiger charge is 2.69. The van der Waals surface area contributed by atoms with Gasteiger partial charge in [0.05, 0.1) is 20.8 Å². The molecule has 1 saturated carbocycles. The summed E-state index contributed by atoms with van der Waals surface area (Å²) in [7, 11) is 0. The lowest BCUT2D eigenvalue weighted by Gasteiger charge is -2.12. The van der Waals surface area contributed by atoms with Crippen molar-refractivity contribution in [2.75, 3.05) is 11.9 Å². The van der Waals surface area contributed by atoms with Crippen molar-refractivity contribution in [3.63, 3.8) is 0 Å². The van der Waals surface area contributed by atoms with Crippen LogP contribution in [0.2, 0.25) is 15.1 Å². The number of esters is 1. The summed E-state index contributed by atoms with van der Waals surface area (Å²) in [6, 6.07) is 2.80. The zero-order chi connectivity index (χ0) is 16.7. The summed E-state index contributed by atoms with van der Waals surface area (Å²) < 4.78 is 3.77. The normalized spacial score (nSPS) is 22.1. The summed E-state index contributed by atoms with van der Waals surface area (Å²) in [4.78, 5) is 23.6. The Balaban J connectivity index is 1.92. The number of anilines is 1. The van der Waals surface area contributed by atoms with Crippen LogP contribution in [0.1, 0.15) is 13.3 Å². The van der Waals surface area contributed by atoms with Gasteiger partial charge in [0.25, 0.3) is 5.91 Å². The van der Waals surface area contributed by atoms with Gasteiger partial charge < -0.3 is 10.1 Å². The van der Waals surface area contributed by atoms with E-state index in [0.717, 1.165) is 0 Å². The number of ether oxygens (including phenoxy) is 1. The minimum Gasteiger partial charge on any atom is -0.455 e. The predicted octanol–water partition coefficient (Wildman–Crippen LogP) is 4.71. The Morgan fingerprint density at radius 3 is 2.27 bits per heavy atom. The summed E-state index contributed by atoms with van der Waals surface area (Å²) in [5.41, 5.74) is -0.726. The maximum atomic E-state index is 11.8. The predicted molar refractivity (Wildman–Crippen MR) is 88.2 cm³/mol. The van der Waals surface area contributed by atoms with Gasteiger partial charge in [0.15, 0.2) is 6.61 Å². The second-order valence-electron chi connectivity index (χ2n) is 5.08. The Morgan fingerprint density at radius 2 is 1.73 bits per heavy atom. The third-order valence-electron chi connectivity index (χ3n) is 3.33. The van der Waals surface area contributed by atoms with Crippen LogP contribution in [0.5, 0.6) is 0 Å². The van der Waals surface area contributed by atoms with Crippen molar-refractivity contribution in [1.82, 2.24) is 0 Å². The largest absolute Gasteiger partial charge is 0.455 e. The first-order valence-electron chi connectivity index (χ1n) is 6.06. The summed E-state index contributed by atoms with van der Waals surface area (Å²) in [6.07, 6.45) is 0.280. The lowest BCUT2D eigenvalue weighted by molar-refractivity contribution is -0.152. The monoisotopic (exact) mass is 403 g/mol. The van der Waals surface area contributed by atoms with Crippen LogP contribution in [0.4, 0.5) is 5.69 Å². The van der Waals surface area contributed by atoms with Gasteiger partial charge in [-0.3, -0.25) is 9.59 Å². The molecule has 1 aliphatic carbocycles. The van der Waals surface area contributed by atoms with Gasteiger partial charge >= 0.3 is 5.97 Å². The van der Waals surface area contributed by atoms with Crippen LogP contribution in [-0.2, 0) is 14.3 Å². The molecule has 1 fully saturated rings. The van der Waals surface area contributed by atoms with E-state index in [1.807, 2.05) is 0 Å². The van der Waals surface area contributed by atoms with Gasteiger partial charge in [-0.15, -0.1) is 23.2 Å². The molecular formula is C13H10Cl5NO3. The number of halogens is 5. The zero-order valence-electron chi connectivity index (χ0n) is 11.2. The lowest BCUT2D eigenvalue weighted by atomic mass is 10.1. The van der Waals surface area contributed by atoms with E-state index >= 15 is 0 Å². The first-order chi connectivity index (χ1) is 10.1. The average Bonchev–Trinajstić information content (AvgIpc) is 2.93. The number of hydrogen-bond acceptors (Lipinski definition) is 3. The fourth-order valence-electron chi connectivity index (χ4n) is 1.72. The molecule has 120 valence electrons. The van der Waals surface area contributed by atoms with Crippen molar-refractivity contribution in [2.45, 2.75) is 17.7 Å². The van der Waals surface area contributed by atoms with E-state index in [1.54, 1.807) is 6.92 Å². The van der Waals surface area contributed by atoms with Gasteiger partial charge in [0.2, 0.25) is 0 Å². The molecule has 1 aliphatic rings. The smallest absolute Gasteiger partial charge is 0.315 e. The van der Waals surface area contributed by atoms with Crippen LogP contribution in [-0.4, -0.2) is 22.8 Å². The topological polar surface area (TPSA) is 55.4 Å². The second-order valence-corrected chi connectivity index (χ2v) is 7.79. The summed E-state index contributed by atoms with van der Waals surface area (Å²) in [5.74, 6) is -1.21. The molecule has 0 saturated heterocycles. The van der Waals surface area contributed by atoms with Crippen molar-refractivity contribution in [3.8, 4) is 0 Å². The Bertz CT molecular complexity index is 649. The minimum atomic E-state index is -1.15. The average molecular weight is 405 g/mol. The standard InChI is InChI=1S/C13H10Cl5NO3/c1-12(5-13(12,17)18)11(21)22-4-10(20)19-9-3-7(15)6(14)2-8(9)16/h2-3H,4-5H2,1H3,(H,19,20)/t12-/m1/s1. The van der Waals surface area contributed by atoms with E-state index in [2.05, 4.69) is 5.32 Å². The van der Waals surface area contributed by atoms with Gasteiger partial charge in [0.1, 0.15) is 9.75 Å². The van der Waals surface area contributed by atoms with E-state index in [1.165, 1.54) is 12.1 Å². The molecule has 1 atom stereocenters. The highest BCUT2D eigenvalue weighted by atomic mass is 35.5. The van der Waals surface area contributed by atoms with E-state index in [4.69, 9.17) is 62.7 Å². The number of carbonyl (C=O) groups is 2. The maximum absolute atomic E-state index is 11.8. The highest BCUT2D eigenvalue weighted by Crippen LogP contribution is 2.64. The molecule has 1 amide bonds. The van der Waals surface area contributed by atoms with Crippen molar-refractivity contribution in [2.24, 2.45) is 5.41 Å². The molecule has 0 bridgehead atoms. The van der Waals surface area contributed by atoms with Gasteiger partial charge in [-0.25, -0.2) is 0 Å². The summed E-state index contributed by atoms with van der Waals surface area (Å²) >= 11 is 29.3. The molecule has 4 nitrogen and oxygen atoms in total. The highest BCUT2D eigenvalue weighted by molar-refractivity contribution is 6.53. The Hall–Kier alpha value is -0.390. The molecule has 0 spiro atoms. The summed E-state index contributed by atoms with van der Waals surface area (Å²) in [5, 5.41) is 3.18. The van der Waals surface area contributed by atoms with Crippen LogP contribution in [0.15, 0.2) is 12.1 Å². The van der Waals surface area contributed by atoms with Gasteiger partial charge in [0, 0.05) is 6.42 Å². The molecular weight excluding hydrogens is 395 g/mol. The second kappa shape index (κ2) is 6.25. The fourth-order valence-corrected chi connectivity index (χ4v) is 3.00. The van der Waals surface area contributed by atoms with Crippen molar-refractivity contribution < 1.29 is 14.3 Å². The fraction of sp³-hybridized carbons (Fsp3) is 0.385. The van der Waals surface area contributed by atoms with Crippen LogP contribution in [0.25, 0.3) is 0 Å². The van der Waals surface area contributed by atoms with Gasteiger partial charge in [-0.2, -0.15) is 0 Å². The van der Waals surface area contributed by atoms with Crippen molar-refractivity contribution in [1.29, 1.82) is 0 Å². The SMILES string of the molecule is C[C@]1(C(=O)OCC(=O)Nc2cc(Cl)c(Cl)cc2Cl)CC1(Cl)Cl. The molecule has 0 aliphatic heterocycles. The number of benzene rings is 1. The molecule has 1 aromatic carbocycles. The molecule has 0 heterocycles. The van der Waals surface area contributed by atoms with Crippen LogP contribution < -0.4 is 5.32 Å². The van der Waals surface area contributed by atoms with Crippen molar-refractivity contribution in [3.05, 3.63) is 27.2 Å². The molecule has 1 N–H and O–H groups in total. The van der Waals surface area contributed by atoms with E-state index in [0.29, 0.717) is 0 Å². The molecule has 1 aromatic rings. The lowest BCUT2D eigenvalue weighted by Crippen LogP contribution is -2.26. The molecule has 9 heteroatoms. The third-order valence-corrected chi connectivity index (χ3v) is 5.46. The van der Waals surface area contributed by atoms with Crippen LogP contribution >= 0.6 is 58.0 Å². The Kier molecular flexibility index (Phi) is 5.10. The minimum absolute atomic E-state index is 0.212. The number of carbonyl (C=O) groups excluding carboxylic acids is 2. The third kappa shape index (κ3) is 3.57. The number of amides is 1. The maximum Gasteiger partial charge on any atom is 0.315 e. The first-order valence-corrected chi connectivity index (χ1v) is 7.95. The van der Waals surface area contributed by atoms with E-state index < -0.39 is 28.2 Å². The van der Waals surface area contributed by atoms with Crippen molar-refractivity contribution >= 4 is 75.6 Å². The number of rotatable bonds is 4. The molecule has 22 heavy (non-hydrogen) atoms. The Morgan fingerprint density at radius 1 is 1.18 bits per heavy atom. The van der Waals surface area contributed by atoms with E-state index in [9.17, 15) is 9.59 Å². The van der Waals surface area contributed by atoms with Gasteiger partial charge in [-0.1, -0.05) is 34.8 Å². The van der Waals surface area contributed by atoms with Gasteiger partial charge in [-0.05, 0) is 19.1 Å². The summed E-state index contributed by atoms with van der Waals surface area (Å²) in [6.45, 7) is 1.08. The molecule has 0 unspecified atom stereocenters. The number of nitrogens with one attached hydrogen (secondary N) is 1. The first kappa shape index (κ1) is 18.0. The Labute approximate surface area is 151 Å². The van der Waals surface area contributed by atoms with E-state index in [-0.39, 0.29) is 27.2 Å². The number of alkyl halides is 2.